The highest BCUT2D eigenvalue weighted by atomic mass is 16.1. The van der Waals surface area contributed by atoms with E-state index in [0.29, 0.717) is 11.1 Å². The molecular formula is C16H16O2. The lowest BCUT2D eigenvalue weighted by molar-refractivity contribution is 0.0721. The van der Waals surface area contributed by atoms with E-state index in [1.165, 1.54) is 11.1 Å². The molecule has 2 aliphatic carbocycles. The standard InChI is InChI=1S/C16H16O2/c1-9-7-13-14(8-10(9)2)16(18)12-6-4-3-5-11(12)15(13)17/h3-6,13-14H,7-8H2,1-2H3/t13-,14-/m0/s1. The molecule has 0 saturated heterocycles. The van der Waals surface area contributed by atoms with Crippen LogP contribution in [0, 0.1) is 11.8 Å². The third-order valence-electron chi connectivity index (χ3n) is 4.40. The predicted octanol–water partition coefficient (Wildman–Crippen LogP) is 3.43. The zero-order chi connectivity index (χ0) is 12.9. The first-order chi connectivity index (χ1) is 8.59. The first kappa shape index (κ1) is 11.4. The molecule has 0 bridgehead atoms. The molecule has 0 N–H and O–H groups in total. The molecule has 0 aliphatic heterocycles. The number of hydrogen-bond acceptors (Lipinski definition) is 2. The van der Waals surface area contributed by atoms with Gasteiger partial charge in [0, 0.05) is 23.0 Å². The Morgan fingerprint density at radius 3 is 1.61 bits per heavy atom. The van der Waals surface area contributed by atoms with Gasteiger partial charge in [0.1, 0.15) is 0 Å². The Morgan fingerprint density at radius 1 is 0.833 bits per heavy atom. The molecular weight excluding hydrogens is 224 g/mol. The van der Waals surface area contributed by atoms with E-state index >= 15 is 0 Å². The Bertz CT molecular complexity index is 530. The fourth-order valence-electron chi connectivity index (χ4n) is 3.16. The number of allylic oxidation sites excluding steroid dienone is 2. The van der Waals surface area contributed by atoms with E-state index in [1.807, 2.05) is 12.1 Å². The van der Waals surface area contributed by atoms with Gasteiger partial charge in [0.15, 0.2) is 11.6 Å². The lowest BCUT2D eigenvalue weighted by atomic mass is 9.66. The van der Waals surface area contributed by atoms with Crippen molar-refractivity contribution in [3.8, 4) is 0 Å². The van der Waals surface area contributed by atoms with Crippen molar-refractivity contribution in [3.63, 3.8) is 0 Å². The van der Waals surface area contributed by atoms with Crippen LogP contribution in [-0.2, 0) is 0 Å². The average molecular weight is 240 g/mol. The Labute approximate surface area is 107 Å². The van der Waals surface area contributed by atoms with Gasteiger partial charge in [-0.1, -0.05) is 35.4 Å². The summed E-state index contributed by atoms with van der Waals surface area (Å²) in [5, 5.41) is 0. The van der Waals surface area contributed by atoms with Crippen LogP contribution in [0.15, 0.2) is 35.4 Å². The number of hydrogen-bond donors (Lipinski definition) is 0. The molecule has 92 valence electrons. The largest absolute Gasteiger partial charge is 0.294 e. The summed E-state index contributed by atoms with van der Waals surface area (Å²) in [7, 11) is 0. The number of ketones is 2. The van der Waals surface area contributed by atoms with Gasteiger partial charge in [-0.15, -0.1) is 0 Å². The highest BCUT2D eigenvalue weighted by Gasteiger charge is 2.42. The maximum absolute atomic E-state index is 12.5. The second-order valence-electron chi connectivity index (χ2n) is 5.46. The highest BCUT2D eigenvalue weighted by Crippen LogP contribution is 2.41. The summed E-state index contributed by atoms with van der Waals surface area (Å²) in [4.78, 5) is 24.9. The van der Waals surface area contributed by atoms with Crippen molar-refractivity contribution in [2.45, 2.75) is 26.7 Å². The van der Waals surface area contributed by atoms with Crippen LogP contribution in [-0.4, -0.2) is 11.6 Å². The molecule has 2 nitrogen and oxygen atoms in total. The first-order valence-electron chi connectivity index (χ1n) is 6.42. The molecule has 1 aromatic rings. The molecule has 0 unspecified atom stereocenters. The second kappa shape index (κ2) is 3.91. The van der Waals surface area contributed by atoms with E-state index in [9.17, 15) is 9.59 Å². The van der Waals surface area contributed by atoms with Gasteiger partial charge in [0.05, 0.1) is 0 Å². The van der Waals surface area contributed by atoms with Crippen molar-refractivity contribution in [2.75, 3.05) is 0 Å². The molecule has 0 saturated carbocycles. The van der Waals surface area contributed by atoms with E-state index < -0.39 is 0 Å². The van der Waals surface area contributed by atoms with Gasteiger partial charge >= 0.3 is 0 Å². The van der Waals surface area contributed by atoms with E-state index in [-0.39, 0.29) is 23.4 Å². The monoisotopic (exact) mass is 240 g/mol. The molecule has 0 fully saturated rings. The summed E-state index contributed by atoms with van der Waals surface area (Å²) >= 11 is 0. The van der Waals surface area contributed by atoms with E-state index in [4.69, 9.17) is 0 Å². The second-order valence-corrected chi connectivity index (χ2v) is 5.46. The molecule has 2 aliphatic rings. The molecule has 0 spiro atoms. The maximum atomic E-state index is 12.5. The van der Waals surface area contributed by atoms with E-state index in [2.05, 4.69) is 13.8 Å². The fourth-order valence-corrected chi connectivity index (χ4v) is 3.16. The third-order valence-corrected chi connectivity index (χ3v) is 4.40. The Balaban J connectivity index is 2.12. The lowest BCUT2D eigenvalue weighted by Gasteiger charge is -2.35. The minimum absolute atomic E-state index is 0.129. The molecule has 2 atom stereocenters. The lowest BCUT2D eigenvalue weighted by Crippen LogP contribution is -2.38. The first-order valence-corrected chi connectivity index (χ1v) is 6.42. The average Bonchev–Trinajstić information content (AvgIpc) is 2.38. The summed E-state index contributed by atoms with van der Waals surface area (Å²) < 4.78 is 0. The van der Waals surface area contributed by atoms with Crippen molar-refractivity contribution in [3.05, 3.63) is 46.5 Å². The van der Waals surface area contributed by atoms with Crippen molar-refractivity contribution < 1.29 is 9.59 Å². The molecule has 2 heteroatoms. The van der Waals surface area contributed by atoms with Gasteiger partial charge in [-0.25, -0.2) is 0 Å². The van der Waals surface area contributed by atoms with Gasteiger partial charge in [-0.2, -0.15) is 0 Å². The van der Waals surface area contributed by atoms with Crippen LogP contribution in [0.4, 0.5) is 0 Å². The molecule has 0 radical (unpaired) electrons. The van der Waals surface area contributed by atoms with E-state index in [1.54, 1.807) is 12.1 Å². The van der Waals surface area contributed by atoms with Gasteiger partial charge < -0.3 is 0 Å². The highest BCUT2D eigenvalue weighted by molar-refractivity contribution is 6.16. The Morgan fingerprint density at radius 2 is 1.22 bits per heavy atom. The molecule has 1 aromatic carbocycles. The van der Waals surface area contributed by atoms with Crippen LogP contribution >= 0.6 is 0 Å². The number of benzene rings is 1. The quantitative estimate of drug-likeness (QED) is 0.651. The van der Waals surface area contributed by atoms with Gasteiger partial charge in [-0.3, -0.25) is 9.59 Å². The van der Waals surface area contributed by atoms with Crippen LogP contribution in [0.2, 0.25) is 0 Å². The smallest absolute Gasteiger partial charge is 0.167 e. The minimum atomic E-state index is -0.129. The molecule has 0 aromatic heterocycles. The fraction of sp³-hybridized carbons (Fsp3) is 0.375. The summed E-state index contributed by atoms with van der Waals surface area (Å²) in [6, 6.07) is 7.24. The number of rotatable bonds is 0. The SMILES string of the molecule is CC1=C(C)C[C@@H]2C(=O)c3ccccc3C(=O)[C@H]2C1. The van der Waals surface area contributed by atoms with Crippen LogP contribution in [0.25, 0.3) is 0 Å². The van der Waals surface area contributed by atoms with Crippen LogP contribution < -0.4 is 0 Å². The third kappa shape index (κ3) is 1.48. The summed E-state index contributed by atoms with van der Waals surface area (Å²) in [5.41, 5.74) is 3.79. The number of carbonyl (C=O) groups excluding carboxylic acids is 2. The summed E-state index contributed by atoms with van der Waals surface area (Å²) in [6.45, 7) is 4.15. The zero-order valence-electron chi connectivity index (χ0n) is 10.7. The molecule has 3 rings (SSSR count). The topological polar surface area (TPSA) is 34.1 Å². The molecule has 0 amide bonds. The number of carbonyl (C=O) groups is 2. The number of fused-ring (bicyclic) bond motifs is 2. The van der Waals surface area contributed by atoms with Gasteiger partial charge in [0.25, 0.3) is 0 Å². The normalized spacial score (nSPS) is 27.0. The maximum Gasteiger partial charge on any atom is 0.167 e. The zero-order valence-corrected chi connectivity index (χ0v) is 10.7. The van der Waals surface area contributed by atoms with Crippen LogP contribution in [0.5, 0.6) is 0 Å². The van der Waals surface area contributed by atoms with Crippen molar-refractivity contribution >= 4 is 11.6 Å². The summed E-state index contributed by atoms with van der Waals surface area (Å²) in [6.07, 6.45) is 1.49. The summed E-state index contributed by atoms with van der Waals surface area (Å²) in [5.74, 6) is 0.0521. The van der Waals surface area contributed by atoms with Crippen LogP contribution in [0.1, 0.15) is 47.4 Å². The van der Waals surface area contributed by atoms with Gasteiger partial charge in [-0.05, 0) is 26.7 Å². The van der Waals surface area contributed by atoms with Crippen LogP contribution in [0.3, 0.4) is 0 Å². The Hall–Kier alpha value is -1.70. The number of Topliss-reactive ketones (excluding diaryl/α,β-unsaturated/α-hetero) is 2. The van der Waals surface area contributed by atoms with E-state index in [0.717, 1.165) is 12.8 Å². The Kier molecular flexibility index (Phi) is 2.47. The molecule has 18 heavy (non-hydrogen) atoms. The van der Waals surface area contributed by atoms with Gasteiger partial charge in [0.2, 0.25) is 0 Å². The molecule has 0 heterocycles. The predicted molar refractivity (Wildman–Crippen MR) is 69.7 cm³/mol. The minimum Gasteiger partial charge on any atom is -0.294 e. The van der Waals surface area contributed by atoms with Crippen molar-refractivity contribution in [2.24, 2.45) is 11.8 Å². The van der Waals surface area contributed by atoms with Crippen molar-refractivity contribution in [1.82, 2.24) is 0 Å². The van der Waals surface area contributed by atoms with Crippen molar-refractivity contribution in [1.29, 1.82) is 0 Å².